The Hall–Kier alpha value is -3.56. The first-order valence-electron chi connectivity index (χ1n) is 13.5. The summed E-state index contributed by atoms with van der Waals surface area (Å²) in [6.07, 6.45) is 1.15. The first kappa shape index (κ1) is 28.0. The van der Waals surface area contributed by atoms with E-state index in [-0.39, 0.29) is 24.4 Å². The van der Waals surface area contributed by atoms with E-state index in [9.17, 15) is 9.59 Å². The van der Waals surface area contributed by atoms with E-state index in [1.165, 1.54) is 0 Å². The van der Waals surface area contributed by atoms with Gasteiger partial charge in [0.1, 0.15) is 11.3 Å². The predicted molar refractivity (Wildman–Crippen MR) is 164 cm³/mol. The highest BCUT2D eigenvalue weighted by Crippen LogP contribution is 2.36. The van der Waals surface area contributed by atoms with Gasteiger partial charge < -0.3 is 25.2 Å². The van der Waals surface area contributed by atoms with E-state index in [0.717, 1.165) is 22.6 Å². The molecule has 0 bridgehead atoms. The van der Waals surface area contributed by atoms with Crippen LogP contribution in [-0.4, -0.2) is 64.0 Å². The molecule has 2 heterocycles. The van der Waals surface area contributed by atoms with Crippen molar-refractivity contribution in [2.45, 2.75) is 31.0 Å². The third-order valence-corrected chi connectivity index (χ3v) is 8.97. The van der Waals surface area contributed by atoms with Crippen LogP contribution in [0.15, 0.2) is 84.9 Å². The van der Waals surface area contributed by atoms with Crippen molar-refractivity contribution in [3.63, 3.8) is 0 Å². The van der Waals surface area contributed by atoms with Gasteiger partial charge in [0.15, 0.2) is 5.11 Å². The fraction of sp³-hybridized carbons (Fsp3) is 0.323. The fourth-order valence-corrected chi connectivity index (χ4v) is 6.79. The summed E-state index contributed by atoms with van der Waals surface area (Å²) in [4.78, 5) is 32.1. The summed E-state index contributed by atoms with van der Waals surface area (Å²) in [5.41, 5.74) is 1.80. The molecule has 1 atom stereocenters. The van der Waals surface area contributed by atoms with Crippen molar-refractivity contribution < 1.29 is 14.3 Å². The molecule has 3 aromatic rings. The summed E-state index contributed by atoms with van der Waals surface area (Å²) >= 11 is 7.46. The number of hydrogen-bond acceptors (Lipinski definition) is 5. The van der Waals surface area contributed by atoms with E-state index in [1.54, 1.807) is 12.0 Å². The number of nitrogens with zero attached hydrogens (tertiary/aromatic N) is 2. The molecule has 5 rings (SSSR count). The number of carbonyl (C=O) groups excluding carboxylic acids is 2. The first-order valence-corrected chi connectivity index (χ1v) is 15.0. The van der Waals surface area contributed by atoms with E-state index in [4.69, 9.17) is 17.0 Å². The van der Waals surface area contributed by atoms with Crippen LogP contribution in [0.3, 0.4) is 0 Å². The number of thioether (sulfide) groups is 1. The minimum absolute atomic E-state index is 0.0162. The predicted octanol–water partition coefficient (Wildman–Crippen LogP) is 4.86. The van der Waals surface area contributed by atoms with Crippen molar-refractivity contribution in [1.82, 2.24) is 15.1 Å². The molecule has 0 aliphatic carbocycles. The van der Waals surface area contributed by atoms with Crippen molar-refractivity contribution in [2.75, 3.05) is 37.0 Å². The Bertz CT molecular complexity index is 1320. The van der Waals surface area contributed by atoms with Crippen molar-refractivity contribution in [3.05, 3.63) is 96.1 Å². The molecular weight excluding hydrogens is 541 g/mol. The zero-order valence-corrected chi connectivity index (χ0v) is 24.2. The Kier molecular flexibility index (Phi) is 8.91. The van der Waals surface area contributed by atoms with Crippen LogP contribution in [0.4, 0.5) is 5.69 Å². The van der Waals surface area contributed by atoms with Crippen LogP contribution in [0.25, 0.3) is 0 Å². The van der Waals surface area contributed by atoms with Gasteiger partial charge in [0.2, 0.25) is 11.8 Å². The van der Waals surface area contributed by atoms with Crippen molar-refractivity contribution in [2.24, 2.45) is 0 Å². The molecule has 7 nitrogen and oxygen atoms in total. The number of ether oxygens (including phenoxy) is 1. The zero-order valence-electron chi connectivity index (χ0n) is 22.5. The Morgan fingerprint density at radius 2 is 1.68 bits per heavy atom. The third-order valence-electron chi connectivity index (χ3n) is 7.61. The number of rotatable bonds is 9. The highest BCUT2D eigenvalue weighted by atomic mass is 32.2. The van der Waals surface area contributed by atoms with Gasteiger partial charge in [-0.3, -0.25) is 9.59 Å². The second-order valence-electron chi connectivity index (χ2n) is 10.1. The molecule has 2 fully saturated rings. The van der Waals surface area contributed by atoms with Crippen LogP contribution >= 0.6 is 24.0 Å². The van der Waals surface area contributed by atoms with Gasteiger partial charge in [0, 0.05) is 18.8 Å². The number of benzene rings is 3. The second kappa shape index (κ2) is 12.7. The van der Waals surface area contributed by atoms with Crippen molar-refractivity contribution in [1.29, 1.82) is 0 Å². The van der Waals surface area contributed by atoms with Crippen LogP contribution in [-0.2, 0) is 16.1 Å². The topological polar surface area (TPSA) is 73.9 Å². The number of methoxy groups -OCH3 is 1. The molecule has 2 aliphatic heterocycles. The molecule has 40 heavy (non-hydrogen) atoms. The van der Waals surface area contributed by atoms with Gasteiger partial charge in [-0.1, -0.05) is 60.7 Å². The van der Waals surface area contributed by atoms with Gasteiger partial charge in [-0.15, -0.1) is 0 Å². The Labute approximate surface area is 245 Å². The van der Waals surface area contributed by atoms with Gasteiger partial charge in [0.05, 0.1) is 19.7 Å². The number of hydrogen-bond donors (Lipinski definition) is 2. The van der Waals surface area contributed by atoms with Crippen LogP contribution in [0, 0.1) is 0 Å². The SMILES string of the molecule is COc1ccc(NC(=O)C2(N(Cc3ccccc3)C(=O)CN3C[C@@H](c4ccccc4)NC3=S)CCSCC2)cc1. The summed E-state index contributed by atoms with van der Waals surface area (Å²) in [6.45, 7) is 1.04. The van der Waals surface area contributed by atoms with Gasteiger partial charge in [-0.05, 0) is 72.0 Å². The van der Waals surface area contributed by atoms with Gasteiger partial charge in [-0.25, -0.2) is 0 Å². The minimum Gasteiger partial charge on any atom is -0.497 e. The van der Waals surface area contributed by atoms with Gasteiger partial charge in [-0.2, -0.15) is 11.8 Å². The lowest BCUT2D eigenvalue weighted by molar-refractivity contribution is -0.147. The number of carbonyl (C=O) groups is 2. The fourth-order valence-electron chi connectivity index (χ4n) is 5.34. The van der Waals surface area contributed by atoms with E-state index in [2.05, 4.69) is 22.8 Å². The molecule has 0 radical (unpaired) electrons. The maximum Gasteiger partial charge on any atom is 0.250 e. The van der Waals surface area contributed by atoms with Gasteiger partial charge >= 0.3 is 0 Å². The van der Waals surface area contributed by atoms with E-state index >= 15 is 0 Å². The third kappa shape index (κ3) is 6.26. The Balaban J connectivity index is 1.42. The molecule has 2 saturated heterocycles. The normalized spacial score (nSPS) is 18.1. The lowest BCUT2D eigenvalue weighted by Gasteiger charge is -2.45. The largest absolute Gasteiger partial charge is 0.497 e. The molecule has 0 spiro atoms. The van der Waals surface area contributed by atoms with Crippen LogP contribution in [0.2, 0.25) is 0 Å². The van der Waals surface area contributed by atoms with Crippen LogP contribution in [0.5, 0.6) is 5.75 Å². The Morgan fingerprint density at radius 1 is 1.02 bits per heavy atom. The van der Waals surface area contributed by atoms with E-state index < -0.39 is 5.54 Å². The summed E-state index contributed by atoms with van der Waals surface area (Å²) in [7, 11) is 1.61. The summed E-state index contributed by atoms with van der Waals surface area (Å²) in [5, 5.41) is 7.02. The average molecular weight is 575 g/mol. The van der Waals surface area contributed by atoms with Crippen molar-refractivity contribution in [3.8, 4) is 5.75 Å². The van der Waals surface area contributed by atoms with E-state index in [1.807, 2.05) is 89.5 Å². The minimum atomic E-state index is -0.980. The van der Waals surface area contributed by atoms with Crippen molar-refractivity contribution >= 4 is 46.6 Å². The van der Waals surface area contributed by atoms with Crippen LogP contribution in [0.1, 0.15) is 30.0 Å². The molecular formula is C31H34N4O3S2. The molecule has 0 unspecified atom stereocenters. The number of thiocarbonyl (C=S) groups is 1. The number of nitrogens with one attached hydrogen (secondary N) is 2. The highest BCUT2D eigenvalue weighted by molar-refractivity contribution is 7.99. The maximum atomic E-state index is 14.2. The molecule has 2 aliphatic rings. The first-order chi connectivity index (χ1) is 19.5. The molecule has 0 aromatic heterocycles. The molecule has 2 N–H and O–H groups in total. The quantitative estimate of drug-likeness (QED) is 0.354. The zero-order chi connectivity index (χ0) is 28.0. The summed E-state index contributed by atoms with van der Waals surface area (Å²) < 4.78 is 5.27. The molecule has 0 saturated carbocycles. The van der Waals surface area contributed by atoms with E-state index in [0.29, 0.717) is 42.5 Å². The lowest BCUT2D eigenvalue weighted by Crippen LogP contribution is -2.61. The number of anilines is 1. The Morgan fingerprint density at radius 3 is 2.33 bits per heavy atom. The molecule has 3 aromatic carbocycles. The average Bonchev–Trinajstić information content (AvgIpc) is 3.37. The summed E-state index contributed by atoms with van der Waals surface area (Å²) in [6, 6.07) is 27.3. The van der Waals surface area contributed by atoms with Crippen LogP contribution < -0.4 is 15.4 Å². The lowest BCUT2D eigenvalue weighted by atomic mass is 9.87. The monoisotopic (exact) mass is 574 g/mol. The summed E-state index contributed by atoms with van der Waals surface area (Å²) in [5.74, 6) is 2.04. The molecule has 9 heteroatoms. The van der Waals surface area contributed by atoms with Gasteiger partial charge in [0.25, 0.3) is 0 Å². The molecule has 2 amide bonds. The standard InChI is InChI=1S/C31H34N4O3S2/c1-38-26-14-12-25(13-15-26)32-29(37)31(16-18-40-19-17-31)35(20-23-8-4-2-5-9-23)28(36)22-34-21-27(33-30(34)39)24-10-6-3-7-11-24/h2-15,27H,16-22H2,1H3,(H,32,37)(H,33,39)/t27-/m0/s1. The number of amides is 2. The highest BCUT2D eigenvalue weighted by Gasteiger charge is 2.47. The molecule has 208 valence electrons. The maximum absolute atomic E-state index is 14.2. The smallest absolute Gasteiger partial charge is 0.250 e. The second-order valence-corrected chi connectivity index (χ2v) is 11.7.